The van der Waals surface area contributed by atoms with E-state index in [0.29, 0.717) is 0 Å². The molecule has 1 amide bonds. The highest BCUT2D eigenvalue weighted by Gasteiger charge is 2.45. The molecule has 0 aromatic rings. The first-order chi connectivity index (χ1) is 7.25. The maximum absolute atomic E-state index is 11.4. The second kappa shape index (κ2) is 3.39. The highest BCUT2D eigenvalue weighted by Crippen LogP contribution is 2.36. The lowest BCUT2D eigenvalue weighted by atomic mass is 10.1. The fourth-order valence-electron chi connectivity index (χ4n) is 1.87. The van der Waals surface area contributed by atoms with E-state index in [1.165, 1.54) is 18.4 Å². The summed E-state index contributed by atoms with van der Waals surface area (Å²) in [4.78, 5) is 13.2. The molecule has 1 unspecified atom stereocenters. The lowest BCUT2D eigenvalue weighted by Gasteiger charge is -2.45. The summed E-state index contributed by atoms with van der Waals surface area (Å²) in [6, 6.07) is -0.278. The van der Waals surface area contributed by atoms with Crippen molar-refractivity contribution >= 4 is 17.7 Å². The summed E-state index contributed by atoms with van der Waals surface area (Å²) < 4.78 is 0. The number of amides is 1. The van der Waals surface area contributed by atoms with Crippen LogP contribution in [0.4, 0.5) is 0 Å². The largest absolute Gasteiger partial charge is 0.317 e. The van der Waals surface area contributed by atoms with Crippen molar-refractivity contribution in [2.75, 3.05) is 5.75 Å². The molecule has 2 heterocycles. The molecule has 4 heteroatoms. The molecule has 0 aromatic carbocycles. The van der Waals surface area contributed by atoms with Crippen LogP contribution in [0, 0.1) is 5.92 Å². The minimum absolute atomic E-state index is 0.0597. The van der Waals surface area contributed by atoms with E-state index < -0.39 is 0 Å². The van der Waals surface area contributed by atoms with Crippen LogP contribution in [0.2, 0.25) is 0 Å². The molecule has 15 heavy (non-hydrogen) atoms. The Bertz CT molecular complexity index is 360. The first-order valence-electron chi connectivity index (χ1n) is 5.34. The number of carbonyl (C=O) groups is 1. The van der Waals surface area contributed by atoms with Gasteiger partial charge in [0.15, 0.2) is 0 Å². The number of hydrogen-bond acceptors (Lipinski definition) is 3. The van der Waals surface area contributed by atoms with Gasteiger partial charge in [0, 0.05) is 12.0 Å². The van der Waals surface area contributed by atoms with Gasteiger partial charge in [-0.2, -0.15) is 0 Å². The molecule has 1 aliphatic carbocycles. The van der Waals surface area contributed by atoms with E-state index in [9.17, 15) is 4.79 Å². The average molecular weight is 222 g/mol. The molecule has 0 aromatic heterocycles. The van der Waals surface area contributed by atoms with Crippen molar-refractivity contribution in [3.8, 4) is 0 Å². The number of thioether (sulfide) groups is 1. The standard InChI is InChI=1S/C11H14N2OS/c12-9-10(14)13-5-8(6-15-11(9)13)4-3-7-1-2-7/h3-5,7,9,11H,1-2,6,12H2/t9?,11-/m1/s1. The second-order valence-electron chi connectivity index (χ2n) is 4.37. The third kappa shape index (κ3) is 1.62. The van der Waals surface area contributed by atoms with Crippen molar-refractivity contribution in [3.63, 3.8) is 0 Å². The van der Waals surface area contributed by atoms with Crippen molar-refractivity contribution in [1.82, 2.24) is 4.90 Å². The van der Waals surface area contributed by atoms with Crippen LogP contribution in [0.25, 0.3) is 0 Å². The predicted molar refractivity (Wildman–Crippen MR) is 61.0 cm³/mol. The van der Waals surface area contributed by atoms with Crippen LogP contribution in [-0.2, 0) is 4.79 Å². The Labute approximate surface area is 93.4 Å². The molecular weight excluding hydrogens is 208 g/mol. The molecule has 80 valence electrons. The van der Waals surface area contributed by atoms with Crippen LogP contribution in [0.15, 0.2) is 23.9 Å². The number of fused-ring (bicyclic) bond motifs is 1. The zero-order valence-corrected chi connectivity index (χ0v) is 9.24. The Balaban J connectivity index is 1.71. The molecule has 2 fully saturated rings. The van der Waals surface area contributed by atoms with E-state index in [-0.39, 0.29) is 17.3 Å². The minimum atomic E-state index is -0.278. The number of hydrogen-bond donors (Lipinski definition) is 1. The number of nitrogens with two attached hydrogens (primary N) is 1. The molecule has 0 bridgehead atoms. The van der Waals surface area contributed by atoms with Crippen LogP contribution in [0.3, 0.4) is 0 Å². The first kappa shape index (κ1) is 9.48. The predicted octanol–water partition coefficient (Wildman–Crippen LogP) is 1.08. The lowest BCUT2D eigenvalue weighted by molar-refractivity contribution is -0.140. The topological polar surface area (TPSA) is 46.3 Å². The number of allylic oxidation sites excluding steroid dienone is 2. The van der Waals surface area contributed by atoms with Crippen LogP contribution in [0.1, 0.15) is 12.8 Å². The van der Waals surface area contributed by atoms with Gasteiger partial charge in [0.1, 0.15) is 11.4 Å². The fourth-order valence-corrected chi connectivity index (χ4v) is 3.05. The van der Waals surface area contributed by atoms with Gasteiger partial charge in [0.2, 0.25) is 5.91 Å². The highest BCUT2D eigenvalue weighted by molar-refractivity contribution is 8.00. The first-order valence-corrected chi connectivity index (χ1v) is 6.39. The highest BCUT2D eigenvalue weighted by atomic mass is 32.2. The van der Waals surface area contributed by atoms with Gasteiger partial charge in [0.25, 0.3) is 0 Å². The molecule has 3 rings (SSSR count). The SMILES string of the molecule is NC1C(=O)N2C=C(C=CC3CC3)CS[C@H]12. The van der Waals surface area contributed by atoms with Crippen LogP contribution in [-0.4, -0.2) is 28.0 Å². The zero-order valence-electron chi connectivity index (χ0n) is 8.43. The van der Waals surface area contributed by atoms with Crippen LogP contribution in [0.5, 0.6) is 0 Å². The molecule has 2 aliphatic heterocycles. The number of carbonyl (C=O) groups excluding carboxylic acids is 1. The molecule has 2 atom stereocenters. The van der Waals surface area contributed by atoms with Gasteiger partial charge in [-0.1, -0.05) is 12.2 Å². The number of β-lactam (4-membered cyclic amide) rings is 1. The lowest BCUT2D eigenvalue weighted by Crippen LogP contribution is -2.65. The quantitative estimate of drug-likeness (QED) is 0.711. The van der Waals surface area contributed by atoms with Crippen LogP contribution < -0.4 is 5.73 Å². The Morgan fingerprint density at radius 2 is 2.33 bits per heavy atom. The summed E-state index contributed by atoms with van der Waals surface area (Å²) in [5.74, 6) is 1.83. The molecule has 3 aliphatic rings. The summed E-state index contributed by atoms with van der Waals surface area (Å²) in [5.41, 5.74) is 6.93. The molecule has 1 saturated carbocycles. The third-order valence-electron chi connectivity index (χ3n) is 3.05. The van der Waals surface area contributed by atoms with Crippen molar-refractivity contribution in [1.29, 1.82) is 0 Å². The maximum atomic E-state index is 11.4. The van der Waals surface area contributed by atoms with E-state index >= 15 is 0 Å². The Kier molecular flexibility index (Phi) is 2.14. The maximum Gasteiger partial charge on any atom is 0.247 e. The molecule has 1 saturated heterocycles. The smallest absolute Gasteiger partial charge is 0.247 e. The molecule has 0 radical (unpaired) electrons. The van der Waals surface area contributed by atoms with Gasteiger partial charge in [-0.3, -0.25) is 4.79 Å². The van der Waals surface area contributed by atoms with Gasteiger partial charge in [-0.25, -0.2) is 0 Å². The second-order valence-corrected chi connectivity index (χ2v) is 5.48. The van der Waals surface area contributed by atoms with E-state index in [1.54, 1.807) is 16.7 Å². The van der Waals surface area contributed by atoms with Crippen molar-refractivity contribution in [2.45, 2.75) is 24.3 Å². The summed E-state index contributed by atoms with van der Waals surface area (Å²) in [7, 11) is 0. The normalized spacial score (nSPS) is 35.1. The van der Waals surface area contributed by atoms with Gasteiger partial charge in [-0.15, -0.1) is 11.8 Å². The monoisotopic (exact) mass is 222 g/mol. The summed E-state index contributed by atoms with van der Waals surface area (Å²) in [6.45, 7) is 0. The summed E-state index contributed by atoms with van der Waals surface area (Å²) >= 11 is 1.77. The van der Waals surface area contributed by atoms with E-state index in [1.807, 2.05) is 6.20 Å². The Hall–Kier alpha value is -0.740. The van der Waals surface area contributed by atoms with Gasteiger partial charge in [0.05, 0.1) is 0 Å². The van der Waals surface area contributed by atoms with Crippen molar-refractivity contribution in [2.24, 2.45) is 11.7 Å². The molecular formula is C11H14N2OS. The van der Waals surface area contributed by atoms with Crippen molar-refractivity contribution in [3.05, 3.63) is 23.9 Å². The minimum Gasteiger partial charge on any atom is -0.317 e. The fraction of sp³-hybridized carbons (Fsp3) is 0.545. The number of rotatable bonds is 2. The van der Waals surface area contributed by atoms with E-state index in [2.05, 4.69) is 12.2 Å². The van der Waals surface area contributed by atoms with E-state index in [4.69, 9.17) is 5.73 Å². The Morgan fingerprint density at radius 1 is 1.53 bits per heavy atom. The summed E-state index contributed by atoms with van der Waals surface area (Å²) in [6.07, 6.45) is 9.04. The van der Waals surface area contributed by atoms with E-state index in [0.717, 1.165) is 11.7 Å². The zero-order chi connectivity index (χ0) is 10.4. The summed E-state index contributed by atoms with van der Waals surface area (Å²) in [5, 5.41) is 0.190. The van der Waals surface area contributed by atoms with Gasteiger partial charge in [-0.05, 0) is 24.3 Å². The Morgan fingerprint density at radius 3 is 3.07 bits per heavy atom. The molecule has 0 spiro atoms. The van der Waals surface area contributed by atoms with Crippen LogP contribution >= 0.6 is 11.8 Å². The average Bonchev–Trinajstić information content (AvgIpc) is 3.08. The molecule has 2 N–H and O–H groups in total. The van der Waals surface area contributed by atoms with Gasteiger partial charge < -0.3 is 10.6 Å². The van der Waals surface area contributed by atoms with Crippen molar-refractivity contribution < 1.29 is 4.79 Å². The molecule has 3 nitrogen and oxygen atoms in total. The van der Waals surface area contributed by atoms with Gasteiger partial charge >= 0.3 is 0 Å². The number of nitrogens with zero attached hydrogens (tertiary/aromatic N) is 1. The third-order valence-corrected chi connectivity index (χ3v) is 4.41.